The minimum atomic E-state index is 0.390. The average Bonchev–Trinajstić information content (AvgIpc) is 2.48. The number of oxime groups is 1. The molecule has 0 fully saturated rings. The van der Waals surface area contributed by atoms with E-state index in [-0.39, 0.29) is 0 Å². The number of benzene rings is 1. The van der Waals surface area contributed by atoms with Crippen LogP contribution in [-0.2, 0) is 6.61 Å². The Morgan fingerprint density at radius 3 is 2.70 bits per heavy atom. The fourth-order valence-electron chi connectivity index (χ4n) is 1.98. The number of hydrogen-bond donors (Lipinski definition) is 1. The summed E-state index contributed by atoms with van der Waals surface area (Å²) < 4.78 is 5.81. The van der Waals surface area contributed by atoms with Crippen molar-refractivity contribution in [2.24, 2.45) is 5.16 Å². The Morgan fingerprint density at radius 1 is 1.20 bits per heavy atom. The van der Waals surface area contributed by atoms with Gasteiger partial charge < -0.3 is 9.94 Å². The molecule has 0 radical (unpaired) electrons. The molecule has 0 bridgehead atoms. The summed E-state index contributed by atoms with van der Waals surface area (Å²) in [6, 6.07) is 13.4. The monoisotopic (exact) mass is 270 g/mol. The van der Waals surface area contributed by atoms with Crippen molar-refractivity contribution in [1.29, 1.82) is 0 Å². The zero-order valence-electron chi connectivity index (χ0n) is 11.7. The lowest BCUT2D eigenvalue weighted by atomic mass is 10.1. The van der Waals surface area contributed by atoms with Gasteiger partial charge in [-0.2, -0.15) is 0 Å². The second-order valence-corrected chi connectivity index (χ2v) is 4.46. The van der Waals surface area contributed by atoms with Crippen molar-refractivity contribution in [2.45, 2.75) is 26.9 Å². The van der Waals surface area contributed by atoms with E-state index in [4.69, 9.17) is 9.94 Å². The lowest BCUT2D eigenvalue weighted by Gasteiger charge is -2.11. The molecule has 1 heterocycles. The first kappa shape index (κ1) is 14.1. The Bertz CT molecular complexity index is 609. The summed E-state index contributed by atoms with van der Waals surface area (Å²) in [6.45, 7) is 4.28. The van der Waals surface area contributed by atoms with Crippen molar-refractivity contribution in [1.82, 2.24) is 4.98 Å². The highest BCUT2D eigenvalue weighted by atomic mass is 16.5. The molecule has 2 rings (SSSR count). The number of ether oxygens (including phenoxy) is 1. The Morgan fingerprint density at radius 2 is 2.00 bits per heavy atom. The summed E-state index contributed by atoms with van der Waals surface area (Å²) in [7, 11) is 0. The molecule has 0 aliphatic carbocycles. The van der Waals surface area contributed by atoms with Crippen LogP contribution in [0.5, 0.6) is 5.75 Å². The van der Waals surface area contributed by atoms with Crippen LogP contribution in [0.2, 0.25) is 0 Å². The molecule has 4 heteroatoms. The zero-order chi connectivity index (χ0) is 14.4. The maximum absolute atomic E-state index is 9.05. The molecule has 0 aliphatic rings. The predicted octanol–water partition coefficient (Wildman–Crippen LogP) is 3.56. The summed E-state index contributed by atoms with van der Waals surface area (Å²) in [5.41, 5.74) is 3.26. The normalized spacial score (nSPS) is 11.4. The topological polar surface area (TPSA) is 54.7 Å². The van der Waals surface area contributed by atoms with Gasteiger partial charge in [-0.25, -0.2) is 0 Å². The quantitative estimate of drug-likeness (QED) is 0.513. The number of para-hydroxylation sites is 1. The number of rotatable bonds is 5. The molecule has 104 valence electrons. The van der Waals surface area contributed by atoms with Crippen LogP contribution in [-0.4, -0.2) is 15.9 Å². The highest BCUT2D eigenvalue weighted by Gasteiger charge is 2.09. The molecule has 2 aromatic rings. The molecule has 0 spiro atoms. The van der Waals surface area contributed by atoms with Gasteiger partial charge in [0, 0.05) is 11.3 Å². The van der Waals surface area contributed by atoms with Crippen LogP contribution in [0.3, 0.4) is 0 Å². The van der Waals surface area contributed by atoms with E-state index < -0.39 is 0 Å². The van der Waals surface area contributed by atoms with Gasteiger partial charge in [-0.3, -0.25) is 4.98 Å². The lowest BCUT2D eigenvalue weighted by Crippen LogP contribution is -2.05. The summed E-state index contributed by atoms with van der Waals surface area (Å²) in [5, 5.41) is 12.4. The van der Waals surface area contributed by atoms with E-state index >= 15 is 0 Å². The Hall–Kier alpha value is -2.36. The largest absolute Gasteiger partial charge is 0.487 e. The molecule has 1 aromatic carbocycles. The molecule has 1 N–H and O–H groups in total. The van der Waals surface area contributed by atoms with Gasteiger partial charge in [0.1, 0.15) is 12.4 Å². The van der Waals surface area contributed by atoms with E-state index in [1.165, 1.54) is 0 Å². The summed E-state index contributed by atoms with van der Waals surface area (Å²) >= 11 is 0. The van der Waals surface area contributed by atoms with Gasteiger partial charge >= 0.3 is 0 Å². The van der Waals surface area contributed by atoms with Crippen LogP contribution in [0.1, 0.15) is 30.3 Å². The zero-order valence-corrected chi connectivity index (χ0v) is 11.7. The van der Waals surface area contributed by atoms with Crippen molar-refractivity contribution in [3.05, 3.63) is 59.4 Å². The molecular formula is C16H18N2O2. The standard InChI is InChI=1S/C16H18N2O2/c1-3-15(18-19)14-9-4-5-10-16(14)20-11-13-8-6-7-12(2)17-13/h4-10,19H,3,11H2,1-2H3. The van der Waals surface area contributed by atoms with Crippen LogP contribution in [0, 0.1) is 6.92 Å². The number of pyridine rings is 1. The van der Waals surface area contributed by atoms with Crippen molar-refractivity contribution < 1.29 is 9.94 Å². The molecule has 4 nitrogen and oxygen atoms in total. The van der Waals surface area contributed by atoms with Crippen LogP contribution in [0.4, 0.5) is 0 Å². The Balaban J connectivity index is 2.18. The van der Waals surface area contributed by atoms with Crippen molar-refractivity contribution >= 4 is 5.71 Å². The molecule has 1 aromatic heterocycles. The molecule has 0 amide bonds. The van der Waals surface area contributed by atoms with Gasteiger partial charge in [0.2, 0.25) is 0 Å². The van der Waals surface area contributed by atoms with Crippen LogP contribution in [0.15, 0.2) is 47.6 Å². The number of hydrogen-bond acceptors (Lipinski definition) is 4. The summed E-state index contributed by atoms with van der Waals surface area (Å²) in [5.74, 6) is 0.699. The minimum absolute atomic E-state index is 0.390. The van der Waals surface area contributed by atoms with Gasteiger partial charge in [0.05, 0.1) is 11.4 Å². The van der Waals surface area contributed by atoms with E-state index in [1.54, 1.807) is 0 Å². The maximum Gasteiger partial charge on any atom is 0.130 e. The molecule has 0 saturated carbocycles. The van der Waals surface area contributed by atoms with E-state index in [0.29, 0.717) is 24.5 Å². The van der Waals surface area contributed by atoms with Crippen LogP contribution < -0.4 is 4.74 Å². The van der Waals surface area contributed by atoms with Crippen molar-refractivity contribution in [3.8, 4) is 5.75 Å². The van der Waals surface area contributed by atoms with E-state index in [2.05, 4.69) is 10.1 Å². The molecule has 0 unspecified atom stereocenters. The van der Waals surface area contributed by atoms with Gasteiger partial charge in [-0.15, -0.1) is 0 Å². The number of aromatic nitrogens is 1. The number of nitrogens with zero attached hydrogens (tertiary/aromatic N) is 2. The highest BCUT2D eigenvalue weighted by molar-refractivity contribution is 6.02. The van der Waals surface area contributed by atoms with Crippen molar-refractivity contribution in [2.75, 3.05) is 0 Å². The molecule has 0 atom stereocenters. The van der Waals surface area contributed by atoms with Gasteiger partial charge in [0.15, 0.2) is 0 Å². The van der Waals surface area contributed by atoms with Gasteiger partial charge in [0.25, 0.3) is 0 Å². The second-order valence-electron chi connectivity index (χ2n) is 4.46. The van der Waals surface area contributed by atoms with Crippen LogP contribution in [0.25, 0.3) is 0 Å². The van der Waals surface area contributed by atoms with E-state index in [0.717, 1.165) is 17.0 Å². The summed E-state index contributed by atoms with van der Waals surface area (Å²) in [4.78, 5) is 4.40. The first-order chi connectivity index (χ1) is 9.74. The number of aryl methyl sites for hydroxylation is 1. The minimum Gasteiger partial charge on any atom is -0.487 e. The predicted molar refractivity (Wildman–Crippen MR) is 78.4 cm³/mol. The SMILES string of the molecule is CCC(=NO)c1ccccc1OCc1cccc(C)n1. The smallest absolute Gasteiger partial charge is 0.130 e. The lowest BCUT2D eigenvalue weighted by molar-refractivity contribution is 0.298. The first-order valence-electron chi connectivity index (χ1n) is 6.60. The third-order valence-corrected chi connectivity index (χ3v) is 2.98. The Labute approximate surface area is 118 Å². The maximum atomic E-state index is 9.05. The summed E-state index contributed by atoms with van der Waals surface area (Å²) in [6.07, 6.45) is 0.638. The fourth-order valence-corrected chi connectivity index (χ4v) is 1.98. The van der Waals surface area contributed by atoms with Crippen LogP contribution >= 0.6 is 0 Å². The third-order valence-electron chi connectivity index (χ3n) is 2.98. The molecule has 0 aliphatic heterocycles. The van der Waals surface area contributed by atoms with E-state index in [9.17, 15) is 0 Å². The van der Waals surface area contributed by atoms with Crippen molar-refractivity contribution in [3.63, 3.8) is 0 Å². The van der Waals surface area contributed by atoms with E-state index in [1.807, 2.05) is 56.3 Å². The molecular weight excluding hydrogens is 252 g/mol. The Kier molecular flexibility index (Phi) is 4.71. The highest BCUT2D eigenvalue weighted by Crippen LogP contribution is 2.21. The second kappa shape index (κ2) is 6.70. The fraction of sp³-hybridized carbons (Fsp3) is 0.250. The van der Waals surface area contributed by atoms with Gasteiger partial charge in [-0.1, -0.05) is 30.3 Å². The molecule has 0 saturated heterocycles. The van der Waals surface area contributed by atoms with Gasteiger partial charge in [-0.05, 0) is 37.6 Å². The average molecular weight is 270 g/mol. The first-order valence-corrected chi connectivity index (χ1v) is 6.60. The molecule has 20 heavy (non-hydrogen) atoms. The third kappa shape index (κ3) is 3.35.